The SMILES string of the molecule is C[C@@H]1C[C@H](C)CN(Cc2cc(C(=O)Nc3cccc(C4(c5nncn5C)CC(CC#N)C4)c3)nc3c2NCC3(C)C)C1. The number of nitrogens with zero attached hydrogens (tertiary/aromatic N) is 6. The zero-order valence-electron chi connectivity index (χ0n) is 25.4. The normalized spacial score (nSPS) is 26.5. The highest BCUT2D eigenvalue weighted by molar-refractivity contribution is 6.03. The smallest absolute Gasteiger partial charge is 0.274 e. The van der Waals surface area contributed by atoms with Crippen LogP contribution in [0.2, 0.25) is 0 Å². The summed E-state index contributed by atoms with van der Waals surface area (Å²) < 4.78 is 1.96. The number of aryl methyl sites for hydroxylation is 1. The average Bonchev–Trinajstić information content (AvgIpc) is 3.48. The summed E-state index contributed by atoms with van der Waals surface area (Å²) >= 11 is 0. The minimum Gasteiger partial charge on any atom is -0.382 e. The lowest BCUT2D eigenvalue weighted by molar-refractivity contribution is 0.102. The van der Waals surface area contributed by atoms with Gasteiger partial charge in [0.15, 0.2) is 0 Å². The first kappa shape index (κ1) is 28.4. The van der Waals surface area contributed by atoms with Crippen LogP contribution in [0.25, 0.3) is 0 Å². The highest BCUT2D eigenvalue weighted by atomic mass is 16.1. The van der Waals surface area contributed by atoms with Gasteiger partial charge < -0.3 is 15.2 Å². The molecule has 9 heteroatoms. The molecular formula is C33H42N8O. The molecule has 2 atom stereocenters. The molecule has 9 nitrogen and oxygen atoms in total. The fourth-order valence-electron chi connectivity index (χ4n) is 7.63. The topological polar surface area (TPSA) is 112 Å². The van der Waals surface area contributed by atoms with Gasteiger partial charge in [0.2, 0.25) is 0 Å². The van der Waals surface area contributed by atoms with Crippen molar-refractivity contribution < 1.29 is 4.79 Å². The van der Waals surface area contributed by atoms with Gasteiger partial charge in [0, 0.05) is 50.7 Å². The summed E-state index contributed by atoms with van der Waals surface area (Å²) in [7, 11) is 1.96. The summed E-state index contributed by atoms with van der Waals surface area (Å²) in [5, 5.41) is 24.6. The Bertz CT molecular complexity index is 1520. The van der Waals surface area contributed by atoms with Gasteiger partial charge in [-0.15, -0.1) is 10.2 Å². The monoisotopic (exact) mass is 566 g/mol. The van der Waals surface area contributed by atoms with Crippen LogP contribution in [0.4, 0.5) is 11.4 Å². The first-order valence-electron chi connectivity index (χ1n) is 15.2. The molecule has 1 amide bonds. The number of carbonyl (C=O) groups is 1. The molecule has 220 valence electrons. The number of benzene rings is 1. The molecule has 42 heavy (non-hydrogen) atoms. The van der Waals surface area contributed by atoms with Gasteiger partial charge in [-0.3, -0.25) is 9.69 Å². The molecule has 0 bridgehead atoms. The van der Waals surface area contributed by atoms with E-state index in [1.807, 2.05) is 35.9 Å². The number of aromatic nitrogens is 4. The molecule has 0 radical (unpaired) electrons. The molecule has 1 saturated heterocycles. The standard InChI is InChI=1S/C33H42N8O/c1-21-11-22(2)17-41(16-21)18-24-12-27(38-29-28(24)35-19-32(29,3)4)30(42)37-26-8-6-7-25(13-26)33(14-23(15-33)9-10-34)31-39-36-20-40(31)5/h6-8,12-13,20-23,35H,9,11,14-19H2,1-5H3,(H,37,42)/t21-,22+,23?,33?. The van der Waals surface area contributed by atoms with Crippen molar-refractivity contribution in [1.29, 1.82) is 5.26 Å². The highest BCUT2D eigenvalue weighted by Crippen LogP contribution is 2.53. The molecule has 1 saturated carbocycles. The highest BCUT2D eigenvalue weighted by Gasteiger charge is 2.49. The number of rotatable bonds is 7. The predicted octanol–water partition coefficient (Wildman–Crippen LogP) is 5.25. The van der Waals surface area contributed by atoms with Crippen molar-refractivity contribution in [3.63, 3.8) is 0 Å². The number of carbonyl (C=O) groups excluding carboxylic acids is 1. The van der Waals surface area contributed by atoms with Gasteiger partial charge >= 0.3 is 0 Å². The molecule has 1 aromatic carbocycles. The van der Waals surface area contributed by atoms with Crippen LogP contribution in [-0.4, -0.2) is 50.2 Å². The van der Waals surface area contributed by atoms with Gasteiger partial charge in [-0.2, -0.15) is 5.26 Å². The number of pyridine rings is 1. The molecular weight excluding hydrogens is 524 g/mol. The van der Waals surface area contributed by atoms with Crippen molar-refractivity contribution in [3.05, 3.63) is 65.0 Å². The lowest BCUT2D eigenvalue weighted by Gasteiger charge is -2.46. The van der Waals surface area contributed by atoms with E-state index in [4.69, 9.17) is 4.98 Å². The van der Waals surface area contributed by atoms with Crippen LogP contribution < -0.4 is 10.6 Å². The fourth-order valence-corrected chi connectivity index (χ4v) is 7.63. The molecule has 1 aliphatic carbocycles. The first-order valence-corrected chi connectivity index (χ1v) is 15.2. The predicted molar refractivity (Wildman–Crippen MR) is 163 cm³/mol. The van der Waals surface area contributed by atoms with Crippen LogP contribution in [0, 0.1) is 29.1 Å². The second-order valence-corrected chi connectivity index (χ2v) is 13.8. The molecule has 3 aliphatic rings. The lowest BCUT2D eigenvalue weighted by atomic mass is 9.57. The lowest BCUT2D eigenvalue weighted by Crippen LogP contribution is -2.44. The number of anilines is 2. The van der Waals surface area contributed by atoms with Gasteiger partial charge in [0.1, 0.15) is 17.8 Å². The third-order valence-corrected chi connectivity index (χ3v) is 9.49. The van der Waals surface area contributed by atoms with Crippen molar-refractivity contribution in [2.75, 3.05) is 30.3 Å². The maximum absolute atomic E-state index is 13.8. The van der Waals surface area contributed by atoms with E-state index in [1.165, 1.54) is 6.42 Å². The Morgan fingerprint density at radius 2 is 1.95 bits per heavy atom. The van der Waals surface area contributed by atoms with Crippen molar-refractivity contribution in [3.8, 4) is 6.07 Å². The summed E-state index contributed by atoms with van der Waals surface area (Å²) in [6.45, 7) is 12.8. The number of hydrogen-bond acceptors (Lipinski definition) is 7. The Kier molecular flexibility index (Phi) is 7.30. The van der Waals surface area contributed by atoms with Crippen LogP contribution in [0.3, 0.4) is 0 Å². The van der Waals surface area contributed by atoms with Crippen molar-refractivity contribution >= 4 is 17.3 Å². The van der Waals surface area contributed by atoms with Crippen LogP contribution >= 0.6 is 0 Å². The van der Waals surface area contributed by atoms with Crippen molar-refractivity contribution in [2.24, 2.45) is 24.8 Å². The van der Waals surface area contributed by atoms with Gasteiger partial charge in [-0.05, 0) is 66.3 Å². The Morgan fingerprint density at radius 1 is 1.19 bits per heavy atom. The molecule has 0 unspecified atom stereocenters. The Labute approximate surface area is 248 Å². The summed E-state index contributed by atoms with van der Waals surface area (Å²) in [5.41, 5.74) is 4.97. The second kappa shape index (κ2) is 10.8. The molecule has 2 aliphatic heterocycles. The molecule has 2 fully saturated rings. The van der Waals surface area contributed by atoms with Crippen LogP contribution in [0.1, 0.15) is 86.5 Å². The summed E-state index contributed by atoms with van der Waals surface area (Å²) in [5.74, 6) is 2.34. The third-order valence-electron chi connectivity index (χ3n) is 9.49. The van der Waals surface area contributed by atoms with Gasteiger partial charge in [-0.1, -0.05) is 39.8 Å². The molecule has 6 rings (SSSR count). The maximum Gasteiger partial charge on any atom is 0.274 e. The van der Waals surface area contributed by atoms with E-state index >= 15 is 0 Å². The van der Waals surface area contributed by atoms with Crippen LogP contribution in [-0.2, 0) is 24.4 Å². The number of fused-ring (bicyclic) bond motifs is 1. The Balaban J connectivity index is 1.28. The average molecular weight is 567 g/mol. The van der Waals surface area contributed by atoms with Crippen LogP contribution in [0.5, 0.6) is 0 Å². The van der Waals surface area contributed by atoms with Crippen molar-refractivity contribution in [2.45, 2.75) is 70.8 Å². The minimum atomic E-state index is -0.328. The molecule has 0 spiro atoms. The second-order valence-electron chi connectivity index (χ2n) is 13.8. The van der Waals surface area contributed by atoms with E-state index < -0.39 is 0 Å². The van der Waals surface area contributed by atoms with Gasteiger partial charge in [-0.25, -0.2) is 4.98 Å². The summed E-state index contributed by atoms with van der Waals surface area (Å²) in [4.78, 5) is 21.2. The number of nitriles is 1. The third kappa shape index (κ3) is 5.17. The van der Waals surface area contributed by atoms with E-state index in [9.17, 15) is 10.1 Å². The van der Waals surface area contributed by atoms with E-state index in [2.05, 4.69) is 65.6 Å². The number of nitrogens with one attached hydrogen (secondary N) is 2. The van der Waals surface area contributed by atoms with E-state index in [0.29, 0.717) is 29.9 Å². The molecule has 3 aromatic rings. The van der Waals surface area contributed by atoms with E-state index in [0.717, 1.165) is 73.0 Å². The van der Waals surface area contributed by atoms with E-state index in [1.54, 1.807) is 6.33 Å². The van der Waals surface area contributed by atoms with E-state index in [-0.39, 0.29) is 16.7 Å². The quantitative estimate of drug-likeness (QED) is 0.402. The maximum atomic E-state index is 13.8. The zero-order chi connectivity index (χ0) is 29.6. The fraction of sp³-hybridized carbons (Fsp3) is 0.545. The Hall–Kier alpha value is -3.77. The molecule has 2 N–H and O–H groups in total. The van der Waals surface area contributed by atoms with Crippen molar-refractivity contribution in [1.82, 2.24) is 24.6 Å². The Morgan fingerprint density at radius 3 is 2.64 bits per heavy atom. The minimum absolute atomic E-state index is 0.157. The summed E-state index contributed by atoms with van der Waals surface area (Å²) in [6.07, 6.45) is 5.17. The summed E-state index contributed by atoms with van der Waals surface area (Å²) in [6, 6.07) is 12.3. The first-order chi connectivity index (χ1) is 20.1. The van der Waals surface area contributed by atoms with Gasteiger partial charge in [0.05, 0.1) is 22.9 Å². The van der Waals surface area contributed by atoms with Gasteiger partial charge in [0.25, 0.3) is 5.91 Å². The number of piperidine rings is 1. The molecule has 2 aromatic heterocycles. The molecule has 4 heterocycles. The number of hydrogen-bond donors (Lipinski definition) is 2. The number of likely N-dealkylation sites (tertiary alicyclic amines) is 1. The zero-order valence-corrected chi connectivity index (χ0v) is 25.4. The van der Waals surface area contributed by atoms with Crippen LogP contribution in [0.15, 0.2) is 36.7 Å². The number of amides is 1. The largest absolute Gasteiger partial charge is 0.382 e.